The van der Waals surface area contributed by atoms with Gasteiger partial charge < -0.3 is 15.4 Å². The van der Waals surface area contributed by atoms with Crippen LogP contribution < -0.4 is 15.4 Å². The second-order valence-electron chi connectivity index (χ2n) is 5.43. The van der Waals surface area contributed by atoms with Crippen LogP contribution in [0, 0.1) is 5.82 Å². The summed E-state index contributed by atoms with van der Waals surface area (Å²) in [6.45, 7) is 0.696. The Labute approximate surface area is 145 Å². The van der Waals surface area contributed by atoms with Gasteiger partial charge in [0, 0.05) is 24.5 Å². The van der Waals surface area contributed by atoms with E-state index in [1.54, 1.807) is 31.5 Å². The van der Waals surface area contributed by atoms with Crippen molar-refractivity contribution in [1.29, 1.82) is 0 Å². The second-order valence-corrected chi connectivity index (χ2v) is 5.43. The largest absolute Gasteiger partial charge is 0.497 e. The van der Waals surface area contributed by atoms with Crippen LogP contribution in [0.3, 0.4) is 0 Å². The van der Waals surface area contributed by atoms with Crippen molar-refractivity contribution in [3.05, 3.63) is 72.2 Å². The third-order valence-electron chi connectivity index (χ3n) is 3.61. The summed E-state index contributed by atoms with van der Waals surface area (Å²) in [5, 5.41) is 6.40. The number of ether oxygens (including phenoxy) is 1. The fraction of sp³-hybridized carbons (Fsp3) is 0.158. The molecule has 0 amide bonds. The molecule has 5 nitrogen and oxygen atoms in total. The van der Waals surface area contributed by atoms with E-state index in [1.165, 1.54) is 12.1 Å². The van der Waals surface area contributed by atoms with Gasteiger partial charge in [0.15, 0.2) is 0 Å². The van der Waals surface area contributed by atoms with E-state index in [1.807, 2.05) is 24.3 Å². The van der Waals surface area contributed by atoms with Gasteiger partial charge in [0.25, 0.3) is 0 Å². The SMILES string of the molecule is COc1cccc(Nc2nccc(NCCc3ccc(F)cc3)n2)c1. The van der Waals surface area contributed by atoms with E-state index in [0.717, 1.165) is 29.2 Å². The Kier molecular flexibility index (Phi) is 5.41. The molecule has 2 N–H and O–H groups in total. The fourth-order valence-electron chi connectivity index (χ4n) is 2.33. The Morgan fingerprint density at radius 1 is 1.08 bits per heavy atom. The molecule has 3 rings (SSSR count). The van der Waals surface area contributed by atoms with E-state index < -0.39 is 0 Å². The fourth-order valence-corrected chi connectivity index (χ4v) is 2.33. The molecule has 0 aliphatic heterocycles. The molecule has 0 fully saturated rings. The van der Waals surface area contributed by atoms with E-state index in [9.17, 15) is 4.39 Å². The van der Waals surface area contributed by atoms with Crippen LogP contribution in [-0.2, 0) is 6.42 Å². The minimum Gasteiger partial charge on any atom is -0.497 e. The molecule has 128 valence electrons. The number of nitrogens with one attached hydrogen (secondary N) is 2. The number of halogens is 1. The van der Waals surface area contributed by atoms with Crippen LogP contribution in [0.1, 0.15) is 5.56 Å². The van der Waals surface area contributed by atoms with Crippen molar-refractivity contribution in [1.82, 2.24) is 9.97 Å². The lowest BCUT2D eigenvalue weighted by Crippen LogP contribution is -2.07. The Hall–Kier alpha value is -3.15. The van der Waals surface area contributed by atoms with Crippen molar-refractivity contribution in [2.75, 3.05) is 24.3 Å². The first-order chi connectivity index (χ1) is 12.2. The molecule has 0 spiro atoms. The Balaban J connectivity index is 1.58. The predicted octanol–water partition coefficient (Wildman–Crippen LogP) is 4.02. The third-order valence-corrected chi connectivity index (χ3v) is 3.61. The standard InChI is InChI=1S/C19H19FN4O/c1-25-17-4-2-3-16(13-17)23-19-22-12-10-18(24-19)21-11-9-14-5-7-15(20)8-6-14/h2-8,10,12-13H,9,11H2,1H3,(H2,21,22,23,24). The number of hydrogen-bond acceptors (Lipinski definition) is 5. The van der Waals surface area contributed by atoms with Crippen molar-refractivity contribution < 1.29 is 9.13 Å². The summed E-state index contributed by atoms with van der Waals surface area (Å²) in [4.78, 5) is 8.66. The molecule has 6 heteroatoms. The van der Waals surface area contributed by atoms with Gasteiger partial charge in [0.05, 0.1) is 7.11 Å². The lowest BCUT2D eigenvalue weighted by atomic mass is 10.1. The average molecular weight is 338 g/mol. The summed E-state index contributed by atoms with van der Waals surface area (Å²) < 4.78 is 18.1. The van der Waals surface area contributed by atoms with Crippen molar-refractivity contribution in [3.63, 3.8) is 0 Å². The number of aromatic nitrogens is 2. The topological polar surface area (TPSA) is 59.1 Å². The molecular weight excluding hydrogens is 319 g/mol. The number of rotatable bonds is 7. The van der Waals surface area contributed by atoms with Crippen LogP contribution in [0.2, 0.25) is 0 Å². The van der Waals surface area contributed by atoms with E-state index in [0.29, 0.717) is 12.5 Å². The molecule has 0 radical (unpaired) electrons. The highest BCUT2D eigenvalue weighted by atomic mass is 19.1. The van der Waals surface area contributed by atoms with Crippen molar-refractivity contribution in [2.24, 2.45) is 0 Å². The number of hydrogen-bond donors (Lipinski definition) is 2. The lowest BCUT2D eigenvalue weighted by Gasteiger charge is -2.09. The molecule has 3 aromatic rings. The third kappa shape index (κ3) is 4.91. The van der Waals surface area contributed by atoms with E-state index in [-0.39, 0.29) is 5.82 Å². The Bertz CT molecular complexity index is 824. The summed E-state index contributed by atoms with van der Waals surface area (Å²) in [6.07, 6.45) is 2.47. The smallest absolute Gasteiger partial charge is 0.229 e. The molecule has 0 saturated carbocycles. The highest BCUT2D eigenvalue weighted by Gasteiger charge is 2.02. The average Bonchev–Trinajstić information content (AvgIpc) is 2.64. The maximum atomic E-state index is 12.9. The minimum atomic E-state index is -0.222. The van der Waals surface area contributed by atoms with Gasteiger partial charge in [-0.1, -0.05) is 18.2 Å². The van der Waals surface area contributed by atoms with E-state index >= 15 is 0 Å². The molecule has 0 bridgehead atoms. The highest BCUT2D eigenvalue weighted by Crippen LogP contribution is 2.19. The van der Waals surface area contributed by atoms with Crippen LogP contribution in [0.25, 0.3) is 0 Å². The molecule has 0 aliphatic rings. The molecule has 1 heterocycles. The first kappa shape index (κ1) is 16.7. The van der Waals surface area contributed by atoms with Gasteiger partial charge in [-0.15, -0.1) is 0 Å². The van der Waals surface area contributed by atoms with Gasteiger partial charge in [-0.05, 0) is 42.3 Å². The van der Waals surface area contributed by atoms with Crippen molar-refractivity contribution >= 4 is 17.5 Å². The van der Waals surface area contributed by atoms with E-state index in [2.05, 4.69) is 20.6 Å². The molecule has 0 aliphatic carbocycles. The predicted molar refractivity (Wildman–Crippen MR) is 96.9 cm³/mol. The first-order valence-electron chi connectivity index (χ1n) is 7.95. The van der Waals surface area contributed by atoms with Crippen LogP contribution in [0.4, 0.5) is 21.8 Å². The van der Waals surface area contributed by atoms with Gasteiger partial charge in [0.2, 0.25) is 5.95 Å². The van der Waals surface area contributed by atoms with Gasteiger partial charge in [-0.2, -0.15) is 4.98 Å². The monoisotopic (exact) mass is 338 g/mol. The zero-order chi connectivity index (χ0) is 17.5. The quantitative estimate of drug-likeness (QED) is 0.681. The van der Waals surface area contributed by atoms with Crippen molar-refractivity contribution in [2.45, 2.75) is 6.42 Å². The summed E-state index contributed by atoms with van der Waals surface area (Å²) in [6, 6.07) is 15.9. The Morgan fingerprint density at radius 2 is 1.92 bits per heavy atom. The van der Waals surface area contributed by atoms with Gasteiger partial charge >= 0.3 is 0 Å². The van der Waals surface area contributed by atoms with Gasteiger partial charge in [-0.3, -0.25) is 0 Å². The van der Waals surface area contributed by atoms with Gasteiger partial charge in [0.1, 0.15) is 17.4 Å². The zero-order valence-corrected chi connectivity index (χ0v) is 13.9. The summed E-state index contributed by atoms with van der Waals surface area (Å²) in [5.41, 5.74) is 1.92. The summed E-state index contributed by atoms with van der Waals surface area (Å²) in [7, 11) is 1.63. The van der Waals surface area contributed by atoms with Crippen LogP contribution >= 0.6 is 0 Å². The lowest BCUT2D eigenvalue weighted by molar-refractivity contribution is 0.415. The first-order valence-corrected chi connectivity index (χ1v) is 7.95. The molecule has 25 heavy (non-hydrogen) atoms. The molecule has 1 aromatic heterocycles. The summed E-state index contributed by atoms with van der Waals surface area (Å²) >= 11 is 0. The second kappa shape index (κ2) is 8.10. The highest BCUT2D eigenvalue weighted by molar-refractivity contribution is 5.56. The zero-order valence-electron chi connectivity index (χ0n) is 13.9. The van der Waals surface area contributed by atoms with Crippen molar-refractivity contribution in [3.8, 4) is 5.75 Å². The van der Waals surface area contributed by atoms with Crippen LogP contribution in [0.5, 0.6) is 5.75 Å². The van der Waals surface area contributed by atoms with Gasteiger partial charge in [-0.25, -0.2) is 9.37 Å². The van der Waals surface area contributed by atoms with Crippen LogP contribution in [0.15, 0.2) is 60.8 Å². The molecule has 0 unspecified atom stereocenters. The molecule has 0 atom stereocenters. The minimum absolute atomic E-state index is 0.222. The molecule has 0 saturated heterocycles. The maximum Gasteiger partial charge on any atom is 0.229 e. The van der Waals surface area contributed by atoms with Crippen LogP contribution in [-0.4, -0.2) is 23.6 Å². The number of anilines is 3. The summed E-state index contributed by atoms with van der Waals surface area (Å²) in [5.74, 6) is 1.77. The number of nitrogens with zero attached hydrogens (tertiary/aromatic N) is 2. The maximum absolute atomic E-state index is 12.9. The molecular formula is C19H19FN4O. The Morgan fingerprint density at radius 3 is 2.72 bits per heavy atom. The van der Waals surface area contributed by atoms with E-state index in [4.69, 9.17) is 4.74 Å². The molecule has 2 aromatic carbocycles. The number of methoxy groups -OCH3 is 1. The number of benzene rings is 2. The normalized spacial score (nSPS) is 10.3.